The lowest BCUT2D eigenvalue weighted by atomic mass is 10.0. The van der Waals surface area contributed by atoms with Crippen molar-refractivity contribution >= 4 is 0 Å². The average Bonchev–Trinajstić information content (AvgIpc) is 2.37. The first-order valence-electron chi connectivity index (χ1n) is 4.04. The maximum absolute atomic E-state index is 12.5. The molecule has 0 saturated heterocycles. The van der Waals surface area contributed by atoms with Crippen molar-refractivity contribution in [3.8, 4) is 0 Å². The summed E-state index contributed by atoms with van der Waals surface area (Å²) in [6, 6.07) is 0. The fourth-order valence-electron chi connectivity index (χ4n) is 1.25. The molecule has 74 valence electrons. The zero-order valence-corrected chi connectivity index (χ0v) is 7.67. The number of hydrogen-bond acceptors (Lipinski definition) is 2. The van der Waals surface area contributed by atoms with Crippen LogP contribution in [0.15, 0.2) is 6.20 Å². The van der Waals surface area contributed by atoms with E-state index in [9.17, 15) is 8.78 Å². The largest absolute Gasteiger partial charge is 0.330 e. The van der Waals surface area contributed by atoms with Crippen LogP contribution >= 0.6 is 0 Å². The minimum Gasteiger partial charge on any atom is -0.330 e. The van der Waals surface area contributed by atoms with Gasteiger partial charge in [-0.05, 0) is 6.92 Å². The van der Waals surface area contributed by atoms with Gasteiger partial charge in [0.15, 0.2) is 0 Å². The van der Waals surface area contributed by atoms with E-state index < -0.39 is 12.3 Å². The Kier molecular flexibility index (Phi) is 2.98. The van der Waals surface area contributed by atoms with Gasteiger partial charge in [-0.2, -0.15) is 5.10 Å². The highest BCUT2D eigenvalue weighted by atomic mass is 19.3. The maximum atomic E-state index is 12.5. The van der Waals surface area contributed by atoms with Gasteiger partial charge in [0.2, 0.25) is 6.43 Å². The number of nitrogens with zero attached hydrogens (tertiary/aromatic N) is 2. The van der Waals surface area contributed by atoms with Gasteiger partial charge in [-0.3, -0.25) is 4.68 Å². The van der Waals surface area contributed by atoms with Crippen LogP contribution in [0.1, 0.15) is 17.2 Å². The van der Waals surface area contributed by atoms with Crippen molar-refractivity contribution in [1.82, 2.24) is 9.78 Å². The van der Waals surface area contributed by atoms with Crippen LogP contribution in [-0.2, 0) is 7.05 Å². The predicted molar refractivity (Wildman–Crippen MR) is 45.7 cm³/mol. The number of hydrogen-bond donors (Lipinski definition) is 1. The topological polar surface area (TPSA) is 43.8 Å². The third-order valence-electron chi connectivity index (χ3n) is 2.23. The molecule has 1 aromatic heterocycles. The van der Waals surface area contributed by atoms with Gasteiger partial charge in [0.25, 0.3) is 0 Å². The molecule has 1 atom stereocenters. The van der Waals surface area contributed by atoms with E-state index >= 15 is 0 Å². The van der Waals surface area contributed by atoms with E-state index in [4.69, 9.17) is 5.73 Å². The summed E-state index contributed by atoms with van der Waals surface area (Å²) in [5.41, 5.74) is 6.55. The first-order valence-corrected chi connectivity index (χ1v) is 4.04. The first kappa shape index (κ1) is 10.1. The molecule has 1 rings (SSSR count). The smallest absolute Gasteiger partial charge is 0.246 e. The molecule has 0 aromatic carbocycles. The number of aromatic nitrogens is 2. The third kappa shape index (κ3) is 1.85. The van der Waals surface area contributed by atoms with Crippen LogP contribution in [-0.4, -0.2) is 22.8 Å². The van der Waals surface area contributed by atoms with Crippen LogP contribution in [0.5, 0.6) is 0 Å². The quantitative estimate of drug-likeness (QED) is 0.772. The average molecular weight is 189 g/mol. The number of halogens is 2. The van der Waals surface area contributed by atoms with Gasteiger partial charge in [-0.15, -0.1) is 0 Å². The van der Waals surface area contributed by atoms with Crippen molar-refractivity contribution < 1.29 is 8.78 Å². The standard InChI is InChI=1S/C8H13F2N3/c1-5-7(4-12-13(5)2)6(3-11)8(9)10/h4,6,8H,3,11H2,1-2H3. The molecule has 0 aliphatic rings. The van der Waals surface area contributed by atoms with E-state index in [1.807, 2.05) is 0 Å². The van der Waals surface area contributed by atoms with E-state index in [1.165, 1.54) is 6.20 Å². The minimum atomic E-state index is -2.42. The van der Waals surface area contributed by atoms with Gasteiger partial charge in [0.1, 0.15) is 0 Å². The molecular weight excluding hydrogens is 176 g/mol. The van der Waals surface area contributed by atoms with Crippen molar-refractivity contribution in [2.24, 2.45) is 12.8 Å². The Morgan fingerprint density at radius 2 is 2.23 bits per heavy atom. The zero-order chi connectivity index (χ0) is 10.0. The van der Waals surface area contributed by atoms with E-state index in [1.54, 1.807) is 18.7 Å². The van der Waals surface area contributed by atoms with Crippen LogP contribution in [0.3, 0.4) is 0 Å². The van der Waals surface area contributed by atoms with E-state index in [-0.39, 0.29) is 6.54 Å². The molecule has 0 saturated carbocycles. The van der Waals surface area contributed by atoms with Gasteiger partial charge >= 0.3 is 0 Å². The summed E-state index contributed by atoms with van der Waals surface area (Å²) in [6.07, 6.45) is -0.966. The molecule has 0 aliphatic carbocycles. The summed E-state index contributed by atoms with van der Waals surface area (Å²) in [6.45, 7) is 1.71. The summed E-state index contributed by atoms with van der Waals surface area (Å²) in [7, 11) is 1.72. The molecule has 1 heterocycles. The monoisotopic (exact) mass is 189 g/mol. The van der Waals surface area contributed by atoms with Gasteiger partial charge in [-0.1, -0.05) is 0 Å². The SMILES string of the molecule is Cc1c(C(CN)C(F)F)cnn1C. The fraction of sp³-hybridized carbons (Fsp3) is 0.625. The van der Waals surface area contributed by atoms with Crippen molar-refractivity contribution in [2.45, 2.75) is 19.3 Å². The molecule has 0 spiro atoms. The van der Waals surface area contributed by atoms with Gasteiger partial charge in [0.05, 0.1) is 12.1 Å². The van der Waals surface area contributed by atoms with Gasteiger partial charge in [0, 0.05) is 24.8 Å². The van der Waals surface area contributed by atoms with Crippen molar-refractivity contribution in [1.29, 1.82) is 0 Å². The Morgan fingerprint density at radius 1 is 1.62 bits per heavy atom. The van der Waals surface area contributed by atoms with E-state index in [0.717, 1.165) is 5.69 Å². The van der Waals surface area contributed by atoms with Gasteiger partial charge < -0.3 is 5.73 Å². The second-order valence-corrected chi connectivity index (χ2v) is 2.99. The van der Waals surface area contributed by atoms with Crippen molar-refractivity contribution in [3.05, 3.63) is 17.5 Å². The van der Waals surface area contributed by atoms with Crippen LogP contribution in [0.2, 0.25) is 0 Å². The van der Waals surface area contributed by atoms with Crippen LogP contribution < -0.4 is 5.73 Å². The minimum absolute atomic E-state index is 0.0514. The lowest BCUT2D eigenvalue weighted by Crippen LogP contribution is -2.20. The van der Waals surface area contributed by atoms with Gasteiger partial charge in [-0.25, -0.2) is 8.78 Å². The van der Waals surface area contributed by atoms with Crippen LogP contribution in [0.25, 0.3) is 0 Å². The molecular formula is C8H13F2N3. The molecule has 0 aliphatic heterocycles. The molecule has 5 heteroatoms. The summed E-state index contributed by atoms with van der Waals surface area (Å²) < 4.78 is 26.5. The Balaban J connectivity index is 2.98. The highest BCUT2D eigenvalue weighted by molar-refractivity contribution is 5.22. The Labute approximate surface area is 75.5 Å². The summed E-state index contributed by atoms with van der Waals surface area (Å²) in [4.78, 5) is 0. The predicted octanol–water partition coefficient (Wildman–Crippen LogP) is 1.04. The molecule has 0 bridgehead atoms. The zero-order valence-electron chi connectivity index (χ0n) is 7.67. The summed E-state index contributed by atoms with van der Waals surface area (Å²) in [5.74, 6) is -0.895. The van der Waals surface area contributed by atoms with Crippen LogP contribution in [0.4, 0.5) is 8.78 Å². The molecule has 1 aromatic rings. The molecule has 1 unspecified atom stereocenters. The summed E-state index contributed by atoms with van der Waals surface area (Å²) >= 11 is 0. The maximum Gasteiger partial charge on any atom is 0.246 e. The summed E-state index contributed by atoms with van der Waals surface area (Å²) in [5, 5.41) is 3.90. The van der Waals surface area contributed by atoms with Crippen LogP contribution in [0, 0.1) is 6.92 Å². The second-order valence-electron chi connectivity index (χ2n) is 2.99. The highest BCUT2D eigenvalue weighted by Crippen LogP contribution is 2.24. The lowest BCUT2D eigenvalue weighted by Gasteiger charge is -2.12. The Morgan fingerprint density at radius 3 is 2.54 bits per heavy atom. The third-order valence-corrected chi connectivity index (χ3v) is 2.23. The molecule has 0 amide bonds. The van der Waals surface area contributed by atoms with E-state index in [2.05, 4.69) is 5.10 Å². The Bertz CT molecular complexity index is 283. The number of aryl methyl sites for hydroxylation is 1. The first-order chi connectivity index (χ1) is 6.07. The highest BCUT2D eigenvalue weighted by Gasteiger charge is 2.24. The lowest BCUT2D eigenvalue weighted by molar-refractivity contribution is 0.117. The van der Waals surface area contributed by atoms with E-state index in [0.29, 0.717) is 5.56 Å². The van der Waals surface area contributed by atoms with Crippen molar-refractivity contribution in [2.75, 3.05) is 6.54 Å². The van der Waals surface area contributed by atoms with Crippen molar-refractivity contribution in [3.63, 3.8) is 0 Å². The molecule has 2 N–H and O–H groups in total. The fourth-order valence-corrected chi connectivity index (χ4v) is 1.25. The number of rotatable bonds is 3. The second kappa shape index (κ2) is 3.83. The number of alkyl halides is 2. The number of nitrogens with two attached hydrogens (primary N) is 1. The molecule has 13 heavy (non-hydrogen) atoms. The molecule has 0 radical (unpaired) electrons. The molecule has 3 nitrogen and oxygen atoms in total. The normalized spacial score (nSPS) is 13.7. The Hall–Kier alpha value is -0.970. The molecule has 0 fully saturated rings.